The number of alkyl halides is 2. The Labute approximate surface area is 181 Å². The van der Waals surface area contributed by atoms with E-state index < -0.39 is 30.0 Å². The maximum atomic E-state index is 14.8. The fraction of sp³-hybridized carbons (Fsp3) is 0.286. The summed E-state index contributed by atoms with van der Waals surface area (Å²) in [7, 11) is 0. The second-order valence-electron chi connectivity index (χ2n) is 7.41. The first-order valence-corrected chi connectivity index (χ1v) is 9.41. The Morgan fingerprint density at radius 1 is 1.34 bits per heavy atom. The maximum Gasteiger partial charge on any atom is 0.256 e. The molecule has 0 radical (unpaired) electrons. The van der Waals surface area contributed by atoms with Crippen LogP contribution in [0.5, 0.6) is 0 Å². The molecule has 0 saturated heterocycles. The molecule has 0 atom stereocenters. The summed E-state index contributed by atoms with van der Waals surface area (Å²) >= 11 is 0. The van der Waals surface area contributed by atoms with Crippen molar-refractivity contribution < 1.29 is 18.3 Å². The van der Waals surface area contributed by atoms with E-state index in [-0.39, 0.29) is 33.9 Å². The summed E-state index contributed by atoms with van der Waals surface area (Å²) in [4.78, 5) is 12.9. The van der Waals surface area contributed by atoms with Crippen LogP contribution in [0.25, 0.3) is 10.9 Å². The van der Waals surface area contributed by atoms with E-state index in [1.54, 1.807) is 0 Å². The molecule has 32 heavy (non-hydrogen) atoms. The number of nitrogens with one attached hydrogen (secondary N) is 2. The second kappa shape index (κ2) is 8.76. The van der Waals surface area contributed by atoms with Crippen molar-refractivity contribution in [3.8, 4) is 11.8 Å². The van der Waals surface area contributed by atoms with Gasteiger partial charge in [0.15, 0.2) is 5.82 Å². The van der Waals surface area contributed by atoms with Gasteiger partial charge in [-0.3, -0.25) is 20.4 Å². The minimum absolute atomic E-state index is 0.0443. The van der Waals surface area contributed by atoms with Crippen molar-refractivity contribution >= 4 is 28.2 Å². The van der Waals surface area contributed by atoms with Crippen LogP contribution >= 0.6 is 0 Å². The number of hydrogen-bond donors (Lipinski definition) is 3. The zero-order valence-corrected chi connectivity index (χ0v) is 17.5. The number of halogens is 3. The Morgan fingerprint density at radius 2 is 2.06 bits per heavy atom. The minimum Gasteiger partial charge on any atom is -0.378 e. The first-order chi connectivity index (χ1) is 15.0. The van der Waals surface area contributed by atoms with E-state index in [9.17, 15) is 18.3 Å². The van der Waals surface area contributed by atoms with E-state index in [4.69, 9.17) is 10.8 Å². The molecule has 0 unspecified atom stereocenters. The van der Waals surface area contributed by atoms with E-state index in [2.05, 4.69) is 26.8 Å². The summed E-state index contributed by atoms with van der Waals surface area (Å²) in [5, 5.41) is 25.7. The zero-order valence-electron chi connectivity index (χ0n) is 17.5. The highest BCUT2D eigenvalue weighted by Gasteiger charge is 2.23. The number of aliphatic hydroxyl groups is 1. The monoisotopic (exact) mass is 443 g/mol. The summed E-state index contributed by atoms with van der Waals surface area (Å²) < 4.78 is 43.0. The third-order valence-electron chi connectivity index (χ3n) is 4.23. The summed E-state index contributed by atoms with van der Waals surface area (Å²) in [6.45, 7) is 3.51. The molecule has 8 nitrogen and oxygen atoms in total. The largest absolute Gasteiger partial charge is 0.378 e. The highest BCUT2D eigenvalue weighted by Crippen LogP contribution is 2.31. The van der Waals surface area contributed by atoms with Crippen molar-refractivity contribution in [1.29, 1.82) is 10.8 Å². The van der Waals surface area contributed by atoms with Gasteiger partial charge < -0.3 is 10.0 Å². The van der Waals surface area contributed by atoms with Crippen LogP contribution in [-0.2, 0) is 0 Å². The van der Waals surface area contributed by atoms with Gasteiger partial charge in [-0.2, -0.15) is 4.98 Å². The molecule has 0 bridgehead atoms. The smallest absolute Gasteiger partial charge is 0.256 e. The quantitative estimate of drug-likeness (QED) is 0.326. The van der Waals surface area contributed by atoms with Crippen LogP contribution in [0.4, 0.5) is 24.7 Å². The molecule has 11 heteroatoms. The average Bonchev–Trinajstić information content (AvgIpc) is 2.69. The number of aromatic nitrogens is 4. The van der Waals surface area contributed by atoms with E-state index in [0.29, 0.717) is 0 Å². The molecule has 3 heterocycles. The van der Waals surface area contributed by atoms with Gasteiger partial charge >= 0.3 is 0 Å². The lowest BCUT2D eigenvalue weighted by Crippen LogP contribution is -2.33. The molecular formula is C21H20F3N7O. The van der Waals surface area contributed by atoms with Crippen LogP contribution in [0.2, 0.25) is 0 Å². The topological polar surface area (TPSA) is 115 Å². The lowest BCUT2D eigenvalue weighted by atomic mass is 10.1. The Kier molecular flexibility index (Phi) is 6.27. The van der Waals surface area contributed by atoms with E-state index >= 15 is 0 Å². The Bertz CT molecular complexity index is 1300. The predicted octanol–water partition coefficient (Wildman–Crippen LogP) is 2.82. The summed E-state index contributed by atoms with van der Waals surface area (Å²) in [6, 6.07) is 2.83. The summed E-state index contributed by atoms with van der Waals surface area (Å²) in [6.07, 6.45) is 0.678. The van der Waals surface area contributed by atoms with Crippen molar-refractivity contribution in [2.45, 2.75) is 32.8 Å². The van der Waals surface area contributed by atoms with Crippen LogP contribution in [-0.4, -0.2) is 49.0 Å². The van der Waals surface area contributed by atoms with Gasteiger partial charge in [-0.05, 0) is 38.8 Å². The standard InChI is InChI=1S/C21H20F3N7O/c1-12(25)31-16-10-27-9-15(22)18(16)19(29-20(31)26)30(11-17(23)24)14-5-7-28-13(8-14)4-6-21(2,3)32/h5,7-10,17,25-26,32H,11H2,1-3H3. The van der Waals surface area contributed by atoms with Gasteiger partial charge in [-0.15, -0.1) is 0 Å². The second-order valence-corrected chi connectivity index (χ2v) is 7.41. The number of nitrogens with zero attached hydrogens (tertiary/aromatic N) is 5. The summed E-state index contributed by atoms with van der Waals surface area (Å²) in [5.74, 6) is 4.08. The molecule has 3 N–H and O–H groups in total. The van der Waals surface area contributed by atoms with Crippen LogP contribution in [0.15, 0.2) is 30.7 Å². The number of anilines is 2. The molecule has 0 aromatic carbocycles. The Balaban J connectivity index is 2.29. The van der Waals surface area contributed by atoms with Crippen molar-refractivity contribution in [1.82, 2.24) is 19.5 Å². The normalized spacial score (nSPS) is 11.4. The Morgan fingerprint density at radius 3 is 2.69 bits per heavy atom. The van der Waals surface area contributed by atoms with E-state index in [1.807, 2.05) is 0 Å². The van der Waals surface area contributed by atoms with E-state index in [1.165, 1.54) is 45.3 Å². The molecule has 0 aliphatic carbocycles. The third kappa shape index (κ3) is 4.92. The molecular weight excluding hydrogens is 423 g/mol. The third-order valence-corrected chi connectivity index (χ3v) is 4.23. The van der Waals surface area contributed by atoms with Crippen molar-refractivity contribution in [3.05, 3.63) is 47.9 Å². The number of fused-ring (bicyclic) bond motifs is 1. The minimum atomic E-state index is -2.82. The van der Waals surface area contributed by atoms with Crippen LogP contribution in [0.3, 0.4) is 0 Å². The molecule has 0 spiro atoms. The van der Waals surface area contributed by atoms with Gasteiger partial charge in [0, 0.05) is 11.9 Å². The van der Waals surface area contributed by atoms with Crippen molar-refractivity contribution in [2.24, 2.45) is 0 Å². The molecule has 3 aromatic rings. The molecule has 0 saturated carbocycles. The highest BCUT2D eigenvalue weighted by atomic mass is 19.3. The van der Waals surface area contributed by atoms with Crippen LogP contribution < -0.4 is 10.5 Å². The van der Waals surface area contributed by atoms with Gasteiger partial charge in [0.1, 0.15) is 22.9 Å². The number of pyridine rings is 2. The fourth-order valence-corrected chi connectivity index (χ4v) is 3.00. The van der Waals surface area contributed by atoms with Gasteiger partial charge in [-0.1, -0.05) is 5.92 Å². The molecule has 3 aromatic heterocycles. The Hall–Kier alpha value is -3.78. The van der Waals surface area contributed by atoms with Crippen LogP contribution in [0.1, 0.15) is 26.5 Å². The molecule has 0 aliphatic heterocycles. The lowest BCUT2D eigenvalue weighted by molar-refractivity contribution is 0.143. The van der Waals surface area contributed by atoms with Crippen molar-refractivity contribution in [3.63, 3.8) is 0 Å². The summed E-state index contributed by atoms with van der Waals surface area (Å²) in [5.41, 5.74) is -1.30. The first-order valence-electron chi connectivity index (χ1n) is 9.41. The molecule has 0 amide bonds. The fourth-order valence-electron chi connectivity index (χ4n) is 3.00. The van der Waals surface area contributed by atoms with E-state index in [0.717, 1.165) is 15.7 Å². The maximum absolute atomic E-state index is 14.8. The highest BCUT2D eigenvalue weighted by molar-refractivity contribution is 5.97. The predicted molar refractivity (Wildman–Crippen MR) is 113 cm³/mol. The molecule has 3 rings (SSSR count). The van der Waals surface area contributed by atoms with Gasteiger partial charge in [-0.25, -0.2) is 18.2 Å². The van der Waals surface area contributed by atoms with Crippen LogP contribution in [0, 0.1) is 28.5 Å². The van der Waals surface area contributed by atoms with Gasteiger partial charge in [0.25, 0.3) is 6.43 Å². The first kappa shape index (κ1) is 22.9. The zero-order chi connectivity index (χ0) is 23.6. The van der Waals surface area contributed by atoms with Crippen molar-refractivity contribution in [2.75, 3.05) is 11.4 Å². The molecule has 0 aliphatic rings. The molecule has 166 valence electrons. The molecule has 0 fully saturated rings. The lowest BCUT2D eigenvalue weighted by Gasteiger charge is -2.25. The van der Waals surface area contributed by atoms with Gasteiger partial charge in [0.05, 0.1) is 29.8 Å². The number of rotatable bonds is 4. The number of hydrogen-bond acceptors (Lipinski definition) is 7. The SMILES string of the molecule is CC(=N)n1c(=N)nc(N(CC(F)F)c2ccnc(C#CC(C)(C)O)c2)c2c(F)cncc21. The van der Waals surface area contributed by atoms with Gasteiger partial charge in [0.2, 0.25) is 5.62 Å². The average molecular weight is 443 g/mol.